The molecule has 0 heterocycles. The molecule has 4 N–H and O–H groups in total. The van der Waals surface area contributed by atoms with Crippen LogP contribution in [0.15, 0.2) is 41.4 Å². The number of anilines is 1. The molecule has 108 valence electrons. The van der Waals surface area contributed by atoms with Gasteiger partial charge >= 0.3 is 0 Å². The Kier molecular flexibility index (Phi) is 6.02. The summed E-state index contributed by atoms with van der Waals surface area (Å²) in [6, 6.07) is 6.24. The monoisotopic (exact) mass is 277 g/mol. The molecule has 0 aliphatic heterocycles. The molecule has 0 spiro atoms. The third-order valence-electron chi connectivity index (χ3n) is 2.36. The van der Waals surface area contributed by atoms with Crippen molar-refractivity contribution in [1.29, 1.82) is 0 Å². The maximum absolute atomic E-state index is 10.5. The minimum Gasteiger partial charge on any atom is -0.383 e. The summed E-state index contributed by atoms with van der Waals surface area (Å²) in [6.45, 7) is 7.35. The molecule has 0 amide bonds. The van der Waals surface area contributed by atoms with Crippen molar-refractivity contribution in [3.8, 4) is 0 Å². The zero-order valence-electron chi connectivity index (χ0n) is 11.4. The van der Waals surface area contributed by atoms with Gasteiger partial charge in [0, 0.05) is 30.9 Å². The van der Waals surface area contributed by atoms with Crippen LogP contribution in [0.3, 0.4) is 0 Å². The first-order valence-corrected chi connectivity index (χ1v) is 6.15. The van der Waals surface area contributed by atoms with Crippen molar-refractivity contribution in [2.24, 2.45) is 10.7 Å². The van der Waals surface area contributed by atoms with Crippen LogP contribution in [0.1, 0.15) is 6.92 Å². The van der Waals surface area contributed by atoms with Crippen LogP contribution in [-0.4, -0.2) is 30.5 Å². The lowest BCUT2D eigenvalue weighted by molar-refractivity contribution is -0.384. The number of aliphatic imine (C=N–C) groups is 1. The zero-order valence-corrected chi connectivity index (χ0v) is 11.4. The van der Waals surface area contributed by atoms with Crippen molar-refractivity contribution in [1.82, 2.24) is 5.32 Å². The molecule has 0 aliphatic rings. The molecule has 0 saturated carbocycles. The second-order valence-corrected chi connectivity index (χ2v) is 4.32. The van der Waals surface area contributed by atoms with Crippen molar-refractivity contribution < 1.29 is 4.92 Å². The first-order valence-electron chi connectivity index (χ1n) is 6.15. The van der Waals surface area contributed by atoms with Crippen molar-refractivity contribution in [3.05, 3.63) is 46.5 Å². The Balaban J connectivity index is 2.29. The fourth-order valence-corrected chi connectivity index (χ4v) is 1.37. The quantitative estimate of drug-likeness (QED) is 0.175. The van der Waals surface area contributed by atoms with Crippen LogP contribution in [0.25, 0.3) is 0 Å². The van der Waals surface area contributed by atoms with E-state index in [-0.39, 0.29) is 5.69 Å². The Morgan fingerprint density at radius 1 is 1.40 bits per heavy atom. The second kappa shape index (κ2) is 7.78. The third kappa shape index (κ3) is 5.85. The molecule has 0 atom stereocenters. The molecule has 7 nitrogen and oxygen atoms in total. The van der Waals surface area contributed by atoms with Crippen LogP contribution in [0.2, 0.25) is 0 Å². The summed E-state index contributed by atoms with van der Waals surface area (Å²) >= 11 is 0. The lowest BCUT2D eigenvalue weighted by Crippen LogP contribution is -2.35. The van der Waals surface area contributed by atoms with Gasteiger partial charge in [-0.1, -0.05) is 12.2 Å². The summed E-state index contributed by atoms with van der Waals surface area (Å²) in [5, 5.41) is 16.6. The van der Waals surface area contributed by atoms with Crippen LogP contribution in [0.4, 0.5) is 11.4 Å². The van der Waals surface area contributed by atoms with Crippen LogP contribution in [-0.2, 0) is 0 Å². The number of guanidine groups is 1. The molecule has 0 unspecified atom stereocenters. The van der Waals surface area contributed by atoms with E-state index >= 15 is 0 Å². The Morgan fingerprint density at radius 3 is 2.60 bits per heavy atom. The van der Waals surface area contributed by atoms with E-state index in [0.717, 1.165) is 11.3 Å². The van der Waals surface area contributed by atoms with Gasteiger partial charge in [0.1, 0.15) is 0 Å². The second-order valence-electron chi connectivity index (χ2n) is 4.32. The molecule has 0 radical (unpaired) electrons. The minimum atomic E-state index is -0.426. The number of non-ortho nitro benzene ring substituents is 1. The minimum absolute atomic E-state index is 0.0739. The SMILES string of the molecule is C=C(C)CN=C(N)NCCNc1ccc([N+](=O)[O-])cc1. The maximum atomic E-state index is 10.5. The van der Waals surface area contributed by atoms with E-state index in [4.69, 9.17) is 5.73 Å². The van der Waals surface area contributed by atoms with E-state index in [2.05, 4.69) is 22.2 Å². The number of nitrogens with two attached hydrogens (primary N) is 1. The molecule has 20 heavy (non-hydrogen) atoms. The number of hydrogen-bond donors (Lipinski definition) is 3. The summed E-state index contributed by atoms with van der Waals surface area (Å²) in [5.41, 5.74) is 7.48. The van der Waals surface area contributed by atoms with Crippen molar-refractivity contribution in [2.75, 3.05) is 25.0 Å². The third-order valence-corrected chi connectivity index (χ3v) is 2.36. The fraction of sp³-hybridized carbons (Fsp3) is 0.308. The first kappa shape index (κ1) is 15.5. The van der Waals surface area contributed by atoms with Crippen molar-refractivity contribution >= 4 is 17.3 Å². The highest BCUT2D eigenvalue weighted by atomic mass is 16.6. The lowest BCUT2D eigenvalue weighted by atomic mass is 10.3. The van der Waals surface area contributed by atoms with E-state index in [1.807, 2.05) is 6.92 Å². The molecule has 0 bridgehead atoms. The van der Waals surface area contributed by atoms with E-state index in [1.54, 1.807) is 12.1 Å². The van der Waals surface area contributed by atoms with Gasteiger partial charge in [0.05, 0.1) is 11.5 Å². The van der Waals surface area contributed by atoms with Gasteiger partial charge in [0.15, 0.2) is 5.96 Å². The molecule has 1 rings (SSSR count). The van der Waals surface area contributed by atoms with Crippen LogP contribution in [0.5, 0.6) is 0 Å². The number of hydrogen-bond acceptors (Lipinski definition) is 4. The standard InChI is InChI=1S/C13H19N5O2/c1-10(2)9-17-13(14)16-8-7-15-11-3-5-12(6-4-11)18(19)20/h3-6,15H,1,7-9H2,2H3,(H3,14,16,17). The van der Waals surface area contributed by atoms with Gasteiger partial charge in [0.2, 0.25) is 0 Å². The fourth-order valence-electron chi connectivity index (χ4n) is 1.37. The molecule has 7 heteroatoms. The molecule has 0 aliphatic carbocycles. The molecular weight excluding hydrogens is 258 g/mol. The highest BCUT2D eigenvalue weighted by Crippen LogP contribution is 2.14. The average molecular weight is 277 g/mol. The van der Waals surface area contributed by atoms with Crippen LogP contribution >= 0.6 is 0 Å². The maximum Gasteiger partial charge on any atom is 0.269 e. The van der Waals surface area contributed by atoms with Gasteiger partial charge in [-0.2, -0.15) is 0 Å². The van der Waals surface area contributed by atoms with Gasteiger partial charge in [-0.25, -0.2) is 4.99 Å². The highest BCUT2D eigenvalue weighted by Gasteiger charge is 2.03. The van der Waals surface area contributed by atoms with E-state index < -0.39 is 4.92 Å². The molecule has 1 aromatic carbocycles. The van der Waals surface area contributed by atoms with Crippen molar-refractivity contribution in [3.63, 3.8) is 0 Å². The summed E-state index contributed by atoms with van der Waals surface area (Å²) in [4.78, 5) is 14.2. The topological polar surface area (TPSA) is 106 Å². The summed E-state index contributed by atoms with van der Waals surface area (Å²) < 4.78 is 0. The van der Waals surface area contributed by atoms with Crippen LogP contribution < -0.4 is 16.4 Å². The van der Waals surface area contributed by atoms with Crippen LogP contribution in [0, 0.1) is 10.1 Å². The van der Waals surface area contributed by atoms with E-state index in [0.29, 0.717) is 25.6 Å². The number of nitrogens with one attached hydrogen (secondary N) is 2. The Hall–Kier alpha value is -2.57. The molecule has 1 aromatic rings. The van der Waals surface area contributed by atoms with Gasteiger partial charge in [-0.3, -0.25) is 10.1 Å². The first-order chi connectivity index (χ1) is 9.49. The average Bonchev–Trinajstić information content (AvgIpc) is 2.42. The number of nitro benzene ring substituents is 1. The van der Waals surface area contributed by atoms with Gasteiger partial charge < -0.3 is 16.4 Å². The van der Waals surface area contributed by atoms with E-state index in [9.17, 15) is 10.1 Å². The summed E-state index contributed by atoms with van der Waals surface area (Å²) in [5.74, 6) is 0.374. The smallest absolute Gasteiger partial charge is 0.269 e. The number of rotatable bonds is 7. The Bertz CT molecular complexity index is 496. The normalized spacial score (nSPS) is 10.9. The van der Waals surface area contributed by atoms with E-state index in [1.165, 1.54) is 12.1 Å². The Labute approximate surface area is 117 Å². The number of nitrogens with zero attached hydrogens (tertiary/aromatic N) is 2. The predicted molar refractivity (Wildman–Crippen MR) is 80.9 cm³/mol. The highest BCUT2D eigenvalue weighted by molar-refractivity contribution is 5.77. The molecule has 0 saturated heterocycles. The summed E-state index contributed by atoms with van der Waals surface area (Å²) in [6.07, 6.45) is 0. The Morgan fingerprint density at radius 2 is 2.05 bits per heavy atom. The summed E-state index contributed by atoms with van der Waals surface area (Å²) in [7, 11) is 0. The lowest BCUT2D eigenvalue weighted by Gasteiger charge is -2.08. The molecule has 0 aromatic heterocycles. The van der Waals surface area contributed by atoms with Gasteiger partial charge in [-0.05, 0) is 19.1 Å². The number of nitro groups is 1. The molecular formula is C13H19N5O2. The van der Waals surface area contributed by atoms with Gasteiger partial charge in [-0.15, -0.1) is 0 Å². The number of benzene rings is 1. The molecule has 0 fully saturated rings. The van der Waals surface area contributed by atoms with Gasteiger partial charge in [0.25, 0.3) is 5.69 Å². The zero-order chi connectivity index (χ0) is 15.0. The predicted octanol–water partition coefficient (Wildman–Crippen LogP) is 1.49. The largest absolute Gasteiger partial charge is 0.383 e. The van der Waals surface area contributed by atoms with Crippen molar-refractivity contribution in [2.45, 2.75) is 6.92 Å².